The number of carbonyl (C=O) groups is 3. The van der Waals surface area contributed by atoms with Gasteiger partial charge in [0, 0.05) is 35.0 Å². The van der Waals surface area contributed by atoms with Gasteiger partial charge in [-0.3, -0.25) is 14.4 Å². The molecule has 2 aromatic rings. The van der Waals surface area contributed by atoms with E-state index in [0.29, 0.717) is 23.5 Å². The Morgan fingerprint density at radius 1 is 1.15 bits per heavy atom. The minimum Gasteiger partial charge on any atom is -0.349 e. The average molecular weight is 392 g/mol. The normalized spacial score (nSPS) is 14.9. The van der Waals surface area contributed by atoms with Crippen LogP contribution in [-0.4, -0.2) is 48.3 Å². The molecule has 3 rings (SSSR count). The van der Waals surface area contributed by atoms with E-state index in [1.54, 1.807) is 17.0 Å². The summed E-state index contributed by atoms with van der Waals surface area (Å²) >= 11 is 2.91. The molecule has 1 aliphatic heterocycles. The van der Waals surface area contributed by atoms with Gasteiger partial charge in [-0.2, -0.15) is 11.3 Å². The van der Waals surface area contributed by atoms with Crippen LogP contribution in [0.4, 0.5) is 0 Å². The summed E-state index contributed by atoms with van der Waals surface area (Å²) in [5.41, 5.74) is 0.681. The molecule has 1 aliphatic rings. The lowest BCUT2D eigenvalue weighted by molar-refractivity contribution is -0.131. The van der Waals surface area contributed by atoms with Crippen LogP contribution in [0.2, 0.25) is 0 Å². The molecule has 0 radical (unpaired) electrons. The maximum absolute atomic E-state index is 12.3. The molecular weight excluding hydrogens is 370 g/mol. The van der Waals surface area contributed by atoms with Crippen LogP contribution in [0, 0.1) is 6.92 Å². The summed E-state index contributed by atoms with van der Waals surface area (Å²) in [5, 5.41) is 9.40. The fraction of sp³-hybridized carbons (Fsp3) is 0.389. The smallest absolute Gasteiger partial charge is 0.261 e. The minimum atomic E-state index is -0.214. The summed E-state index contributed by atoms with van der Waals surface area (Å²) in [5.74, 6) is -0.363. The minimum absolute atomic E-state index is 0.00170. The highest BCUT2D eigenvalue weighted by Gasteiger charge is 2.24. The van der Waals surface area contributed by atoms with E-state index in [9.17, 15) is 14.4 Å². The van der Waals surface area contributed by atoms with Crippen molar-refractivity contribution < 1.29 is 14.4 Å². The number of rotatable bonds is 5. The van der Waals surface area contributed by atoms with Gasteiger partial charge in [0.05, 0.1) is 11.4 Å². The molecule has 3 heterocycles. The molecule has 0 saturated carbocycles. The Bertz CT molecular complexity index is 777. The third kappa shape index (κ3) is 4.70. The van der Waals surface area contributed by atoms with Crippen LogP contribution < -0.4 is 10.6 Å². The molecule has 0 spiro atoms. The van der Waals surface area contributed by atoms with Crippen molar-refractivity contribution in [2.75, 3.05) is 19.6 Å². The number of likely N-dealkylation sites (tertiary alicyclic amines) is 1. The third-order valence-corrected chi connectivity index (χ3v) is 6.01. The molecule has 138 valence electrons. The molecule has 1 fully saturated rings. The Hall–Kier alpha value is -2.19. The number of piperidine rings is 1. The van der Waals surface area contributed by atoms with E-state index >= 15 is 0 Å². The van der Waals surface area contributed by atoms with Gasteiger partial charge in [0.1, 0.15) is 0 Å². The van der Waals surface area contributed by atoms with Gasteiger partial charge in [0.25, 0.3) is 11.8 Å². The number of nitrogens with zero attached hydrogens (tertiary/aromatic N) is 1. The number of aryl methyl sites for hydroxylation is 1. The summed E-state index contributed by atoms with van der Waals surface area (Å²) in [6, 6.07) is 5.53. The second-order valence-electron chi connectivity index (χ2n) is 6.23. The highest BCUT2D eigenvalue weighted by atomic mass is 32.1. The fourth-order valence-electron chi connectivity index (χ4n) is 2.85. The molecular formula is C18H21N3O3S2. The molecule has 8 heteroatoms. The molecule has 1 saturated heterocycles. The fourth-order valence-corrected chi connectivity index (χ4v) is 4.27. The Labute approximate surface area is 160 Å². The first-order valence-corrected chi connectivity index (χ1v) is 10.2. The van der Waals surface area contributed by atoms with Gasteiger partial charge in [-0.15, -0.1) is 11.3 Å². The highest BCUT2D eigenvalue weighted by Crippen LogP contribution is 2.15. The van der Waals surface area contributed by atoms with Gasteiger partial charge in [0.2, 0.25) is 5.91 Å². The predicted octanol–water partition coefficient (Wildman–Crippen LogP) is 2.27. The maximum atomic E-state index is 12.3. The Morgan fingerprint density at radius 3 is 2.54 bits per heavy atom. The lowest BCUT2D eigenvalue weighted by Gasteiger charge is -2.32. The van der Waals surface area contributed by atoms with Crippen molar-refractivity contribution in [2.45, 2.75) is 25.8 Å². The number of thiophene rings is 2. The monoisotopic (exact) mass is 391 g/mol. The number of amides is 3. The lowest BCUT2D eigenvalue weighted by atomic mass is 10.0. The lowest BCUT2D eigenvalue weighted by Crippen LogP contribution is -2.48. The molecule has 6 nitrogen and oxygen atoms in total. The molecule has 3 amide bonds. The zero-order valence-electron chi connectivity index (χ0n) is 14.5. The number of nitrogens with one attached hydrogen (secondary N) is 2. The molecule has 2 aromatic heterocycles. The number of hydrogen-bond acceptors (Lipinski definition) is 5. The van der Waals surface area contributed by atoms with E-state index in [0.717, 1.165) is 17.7 Å². The predicted molar refractivity (Wildman–Crippen MR) is 103 cm³/mol. The Balaban J connectivity index is 1.40. The maximum Gasteiger partial charge on any atom is 0.261 e. The van der Waals surface area contributed by atoms with E-state index in [4.69, 9.17) is 0 Å². The highest BCUT2D eigenvalue weighted by molar-refractivity contribution is 7.13. The van der Waals surface area contributed by atoms with Crippen molar-refractivity contribution >= 4 is 40.4 Å². The standard InChI is InChI=1S/C18H21N3O3S2/c1-12-2-3-15(26-12)18(24)19-10-16(22)21-7-4-14(5-8-21)20-17(23)13-6-9-25-11-13/h2-3,6,9,11,14H,4-5,7-8,10H2,1H3,(H,19,24)(H,20,23). The van der Waals surface area contributed by atoms with E-state index in [2.05, 4.69) is 10.6 Å². The first-order chi connectivity index (χ1) is 12.5. The zero-order chi connectivity index (χ0) is 18.5. The largest absolute Gasteiger partial charge is 0.349 e. The van der Waals surface area contributed by atoms with Crippen molar-refractivity contribution in [3.63, 3.8) is 0 Å². The van der Waals surface area contributed by atoms with Crippen molar-refractivity contribution in [3.8, 4) is 0 Å². The van der Waals surface area contributed by atoms with Gasteiger partial charge in [-0.1, -0.05) is 0 Å². The van der Waals surface area contributed by atoms with E-state index in [-0.39, 0.29) is 30.3 Å². The number of carbonyl (C=O) groups excluding carboxylic acids is 3. The second kappa shape index (κ2) is 8.46. The second-order valence-corrected chi connectivity index (χ2v) is 8.30. The molecule has 0 bridgehead atoms. The molecule has 0 unspecified atom stereocenters. The average Bonchev–Trinajstić information content (AvgIpc) is 3.31. The molecule has 2 N–H and O–H groups in total. The topological polar surface area (TPSA) is 78.5 Å². The van der Waals surface area contributed by atoms with Crippen molar-refractivity contribution in [1.29, 1.82) is 0 Å². The van der Waals surface area contributed by atoms with Crippen LogP contribution in [0.1, 0.15) is 37.7 Å². The summed E-state index contributed by atoms with van der Waals surface area (Å²) in [6.07, 6.45) is 1.44. The van der Waals surface area contributed by atoms with Crippen LogP contribution in [-0.2, 0) is 4.79 Å². The van der Waals surface area contributed by atoms with Gasteiger partial charge in [-0.05, 0) is 43.3 Å². The summed E-state index contributed by atoms with van der Waals surface area (Å²) in [6.45, 7) is 3.11. The van der Waals surface area contributed by atoms with E-state index in [1.165, 1.54) is 22.7 Å². The SMILES string of the molecule is Cc1ccc(C(=O)NCC(=O)N2CCC(NC(=O)c3ccsc3)CC2)s1. The van der Waals surface area contributed by atoms with Gasteiger partial charge in [-0.25, -0.2) is 0 Å². The molecule has 0 atom stereocenters. The van der Waals surface area contributed by atoms with Crippen LogP contribution >= 0.6 is 22.7 Å². The van der Waals surface area contributed by atoms with E-state index in [1.807, 2.05) is 23.8 Å². The first-order valence-electron chi connectivity index (χ1n) is 8.48. The zero-order valence-corrected chi connectivity index (χ0v) is 16.1. The quantitative estimate of drug-likeness (QED) is 0.821. The summed E-state index contributed by atoms with van der Waals surface area (Å²) < 4.78 is 0. The van der Waals surface area contributed by atoms with Crippen LogP contribution in [0.5, 0.6) is 0 Å². The van der Waals surface area contributed by atoms with Crippen LogP contribution in [0.15, 0.2) is 29.0 Å². The summed E-state index contributed by atoms with van der Waals surface area (Å²) in [7, 11) is 0. The van der Waals surface area contributed by atoms with E-state index < -0.39 is 0 Å². The molecule has 0 aromatic carbocycles. The third-order valence-electron chi connectivity index (χ3n) is 4.33. The molecule has 0 aliphatic carbocycles. The van der Waals surface area contributed by atoms with Crippen LogP contribution in [0.3, 0.4) is 0 Å². The van der Waals surface area contributed by atoms with Gasteiger partial charge in [0.15, 0.2) is 0 Å². The number of hydrogen-bond donors (Lipinski definition) is 2. The Kier molecular flexibility index (Phi) is 6.05. The first kappa shape index (κ1) is 18.6. The molecule has 26 heavy (non-hydrogen) atoms. The van der Waals surface area contributed by atoms with Crippen molar-refractivity contribution in [1.82, 2.24) is 15.5 Å². The van der Waals surface area contributed by atoms with Crippen LogP contribution in [0.25, 0.3) is 0 Å². The summed E-state index contributed by atoms with van der Waals surface area (Å²) in [4.78, 5) is 39.8. The van der Waals surface area contributed by atoms with Gasteiger partial charge < -0.3 is 15.5 Å². The Morgan fingerprint density at radius 2 is 1.92 bits per heavy atom. The van der Waals surface area contributed by atoms with Crippen molar-refractivity contribution in [2.24, 2.45) is 0 Å². The van der Waals surface area contributed by atoms with Crippen molar-refractivity contribution in [3.05, 3.63) is 44.3 Å². The van der Waals surface area contributed by atoms with Gasteiger partial charge >= 0.3 is 0 Å².